The minimum atomic E-state index is -0.518. The lowest BCUT2D eigenvalue weighted by Gasteiger charge is -2.37. The van der Waals surface area contributed by atoms with Crippen LogP contribution >= 0.6 is 0 Å². The van der Waals surface area contributed by atoms with E-state index in [-0.39, 0.29) is 18.1 Å². The summed E-state index contributed by atoms with van der Waals surface area (Å²) in [5.41, 5.74) is -0.518. The van der Waals surface area contributed by atoms with Gasteiger partial charge in [-0.1, -0.05) is 0 Å². The Morgan fingerprint density at radius 2 is 2.24 bits per heavy atom. The van der Waals surface area contributed by atoms with Crippen molar-refractivity contribution in [3.8, 4) is 6.07 Å². The molecule has 17 heavy (non-hydrogen) atoms. The van der Waals surface area contributed by atoms with Crippen LogP contribution in [0.2, 0.25) is 0 Å². The molecule has 1 saturated heterocycles. The number of hydrogen-bond acceptors (Lipinski definition) is 4. The summed E-state index contributed by atoms with van der Waals surface area (Å²) in [7, 11) is 0. The number of amides is 1. The van der Waals surface area contributed by atoms with Crippen molar-refractivity contribution in [1.29, 1.82) is 5.26 Å². The zero-order valence-corrected chi connectivity index (χ0v) is 10.9. The topological polar surface area (TPSA) is 62.6 Å². The maximum Gasteiger partial charge on any atom is 0.410 e. The summed E-state index contributed by atoms with van der Waals surface area (Å²) in [6.45, 7) is 8.64. The molecule has 5 nitrogen and oxygen atoms in total. The van der Waals surface area contributed by atoms with Crippen LogP contribution in [0.3, 0.4) is 0 Å². The Labute approximate surface area is 102 Å². The number of rotatable bonds is 1. The van der Waals surface area contributed by atoms with Gasteiger partial charge >= 0.3 is 6.09 Å². The van der Waals surface area contributed by atoms with Crippen LogP contribution in [0.15, 0.2) is 0 Å². The highest BCUT2D eigenvalue weighted by atomic mass is 16.6. The summed E-state index contributed by atoms with van der Waals surface area (Å²) >= 11 is 0. The zero-order valence-electron chi connectivity index (χ0n) is 10.9. The third-order valence-electron chi connectivity index (χ3n) is 2.57. The molecule has 0 aromatic carbocycles. The van der Waals surface area contributed by atoms with Crippen LogP contribution in [0.1, 0.15) is 27.7 Å². The van der Waals surface area contributed by atoms with Crippen LogP contribution in [0.25, 0.3) is 0 Å². The van der Waals surface area contributed by atoms with Crippen molar-refractivity contribution < 1.29 is 14.3 Å². The molecule has 0 saturated carbocycles. The fourth-order valence-corrected chi connectivity index (χ4v) is 1.67. The molecule has 96 valence electrons. The van der Waals surface area contributed by atoms with Gasteiger partial charge < -0.3 is 9.47 Å². The number of nitrogens with zero attached hydrogens (tertiary/aromatic N) is 2. The molecule has 5 heteroatoms. The van der Waals surface area contributed by atoms with E-state index in [1.54, 1.807) is 11.8 Å². The van der Waals surface area contributed by atoms with Gasteiger partial charge in [0.2, 0.25) is 0 Å². The molecule has 0 bridgehead atoms. The summed E-state index contributed by atoms with van der Waals surface area (Å²) in [6.07, 6.45) is -0.368. The lowest BCUT2D eigenvalue weighted by atomic mass is 10.0. The van der Waals surface area contributed by atoms with E-state index in [1.807, 2.05) is 20.8 Å². The second kappa shape index (κ2) is 5.37. The lowest BCUT2D eigenvalue weighted by molar-refractivity contribution is -0.0395. The molecule has 1 aliphatic rings. The Morgan fingerprint density at radius 3 is 2.76 bits per heavy atom. The molecule has 0 aromatic rings. The summed E-state index contributed by atoms with van der Waals surface area (Å²) in [5, 5.41) is 8.93. The van der Waals surface area contributed by atoms with Crippen molar-refractivity contribution in [2.24, 2.45) is 5.92 Å². The largest absolute Gasteiger partial charge is 0.444 e. The molecule has 1 heterocycles. The van der Waals surface area contributed by atoms with Crippen LogP contribution in [-0.4, -0.2) is 42.4 Å². The van der Waals surface area contributed by atoms with E-state index >= 15 is 0 Å². The predicted octanol–water partition coefficient (Wildman–Crippen LogP) is 1.78. The number of carbonyl (C=O) groups excluding carboxylic acids is 1. The minimum absolute atomic E-state index is 0.219. The number of nitriles is 1. The highest BCUT2D eigenvalue weighted by molar-refractivity contribution is 5.68. The van der Waals surface area contributed by atoms with E-state index in [4.69, 9.17) is 14.7 Å². The monoisotopic (exact) mass is 240 g/mol. The highest BCUT2D eigenvalue weighted by Crippen LogP contribution is 2.19. The third kappa shape index (κ3) is 3.90. The molecular weight excluding hydrogens is 220 g/mol. The van der Waals surface area contributed by atoms with Crippen molar-refractivity contribution in [2.75, 3.05) is 19.8 Å². The third-order valence-corrected chi connectivity index (χ3v) is 2.57. The quantitative estimate of drug-likeness (QED) is 0.701. The number of morpholine rings is 1. The fraction of sp³-hybridized carbons (Fsp3) is 0.833. The first-order valence-corrected chi connectivity index (χ1v) is 5.82. The van der Waals surface area contributed by atoms with Crippen molar-refractivity contribution >= 4 is 6.09 Å². The smallest absolute Gasteiger partial charge is 0.410 e. The molecule has 1 rings (SSSR count). The first-order chi connectivity index (χ1) is 7.85. The van der Waals surface area contributed by atoms with Crippen LogP contribution in [0.4, 0.5) is 4.79 Å². The highest BCUT2D eigenvalue weighted by Gasteiger charge is 2.34. The van der Waals surface area contributed by atoms with Gasteiger partial charge in [-0.3, -0.25) is 4.90 Å². The second-order valence-electron chi connectivity index (χ2n) is 5.23. The van der Waals surface area contributed by atoms with E-state index in [9.17, 15) is 4.79 Å². The SMILES string of the molecule is CC(C#N)C1COCCN1C(=O)OC(C)(C)C. The van der Waals surface area contributed by atoms with Gasteiger partial charge in [-0.25, -0.2) is 4.79 Å². The van der Waals surface area contributed by atoms with E-state index in [2.05, 4.69) is 6.07 Å². The molecule has 1 aliphatic heterocycles. The van der Waals surface area contributed by atoms with Gasteiger partial charge in [0, 0.05) is 6.54 Å². The van der Waals surface area contributed by atoms with Gasteiger partial charge in [-0.15, -0.1) is 0 Å². The summed E-state index contributed by atoms with van der Waals surface area (Å²) in [6, 6.07) is 1.93. The predicted molar refractivity (Wildman–Crippen MR) is 62.3 cm³/mol. The molecule has 2 atom stereocenters. The van der Waals surface area contributed by atoms with Crippen LogP contribution in [0, 0.1) is 17.2 Å². The van der Waals surface area contributed by atoms with Crippen molar-refractivity contribution in [1.82, 2.24) is 4.90 Å². The number of ether oxygens (including phenoxy) is 2. The van der Waals surface area contributed by atoms with Crippen molar-refractivity contribution in [3.63, 3.8) is 0 Å². The zero-order chi connectivity index (χ0) is 13.1. The Hall–Kier alpha value is -1.28. The summed E-state index contributed by atoms with van der Waals surface area (Å²) in [4.78, 5) is 13.6. The average Bonchev–Trinajstić information content (AvgIpc) is 2.25. The van der Waals surface area contributed by atoms with Crippen LogP contribution in [-0.2, 0) is 9.47 Å². The molecule has 1 fully saturated rings. The van der Waals surface area contributed by atoms with Gasteiger partial charge in [0.05, 0.1) is 31.2 Å². The normalized spacial score (nSPS) is 22.8. The molecular formula is C12H20N2O3. The first-order valence-electron chi connectivity index (χ1n) is 5.82. The minimum Gasteiger partial charge on any atom is -0.444 e. The van der Waals surface area contributed by atoms with E-state index in [0.717, 1.165) is 0 Å². The van der Waals surface area contributed by atoms with Gasteiger partial charge in [0.1, 0.15) is 5.60 Å². The summed E-state index contributed by atoms with van der Waals surface area (Å²) < 4.78 is 10.6. The van der Waals surface area contributed by atoms with E-state index < -0.39 is 5.60 Å². The van der Waals surface area contributed by atoms with Gasteiger partial charge in [-0.2, -0.15) is 5.26 Å². The molecule has 0 aromatic heterocycles. The van der Waals surface area contributed by atoms with Gasteiger partial charge in [0.25, 0.3) is 0 Å². The lowest BCUT2D eigenvalue weighted by Crippen LogP contribution is -2.52. The van der Waals surface area contributed by atoms with Crippen molar-refractivity contribution in [3.05, 3.63) is 0 Å². The first kappa shape index (κ1) is 13.8. The average molecular weight is 240 g/mol. The van der Waals surface area contributed by atoms with Gasteiger partial charge in [0.15, 0.2) is 0 Å². The van der Waals surface area contributed by atoms with E-state index in [1.165, 1.54) is 0 Å². The number of hydrogen-bond donors (Lipinski definition) is 0. The maximum atomic E-state index is 12.0. The van der Waals surface area contributed by atoms with Crippen LogP contribution < -0.4 is 0 Å². The number of carbonyl (C=O) groups is 1. The Bertz CT molecular complexity index is 317. The van der Waals surface area contributed by atoms with Crippen molar-refractivity contribution in [2.45, 2.75) is 39.3 Å². The molecule has 0 aliphatic carbocycles. The maximum absolute atomic E-state index is 12.0. The molecule has 0 N–H and O–H groups in total. The Balaban J connectivity index is 2.72. The Morgan fingerprint density at radius 1 is 1.59 bits per heavy atom. The summed E-state index contributed by atoms with van der Waals surface area (Å²) in [5.74, 6) is -0.261. The standard InChI is InChI=1S/C12H20N2O3/c1-9(7-13)10-8-16-6-5-14(10)11(15)17-12(2,3)4/h9-10H,5-6,8H2,1-4H3. The van der Waals surface area contributed by atoms with E-state index in [0.29, 0.717) is 19.8 Å². The molecule has 0 radical (unpaired) electrons. The van der Waals surface area contributed by atoms with Gasteiger partial charge in [-0.05, 0) is 27.7 Å². The molecule has 0 spiro atoms. The fourth-order valence-electron chi connectivity index (χ4n) is 1.67. The Kier molecular flexibility index (Phi) is 4.35. The van der Waals surface area contributed by atoms with Crippen LogP contribution in [0.5, 0.6) is 0 Å². The molecule has 2 unspecified atom stereocenters. The second-order valence-corrected chi connectivity index (χ2v) is 5.23. The molecule has 1 amide bonds.